The average molecular weight is 948 g/mol. The number of rotatable bonds is 7. The quantitative estimate of drug-likeness (QED) is 0.143. The van der Waals surface area contributed by atoms with Gasteiger partial charge in [-0.3, -0.25) is 0 Å². The van der Waals surface area contributed by atoms with Crippen LogP contribution >= 0.6 is 0 Å². The van der Waals surface area contributed by atoms with E-state index in [4.69, 9.17) is 0 Å². The Morgan fingerprint density at radius 2 is 0.738 bits per heavy atom. The Bertz CT molecular complexity index is 1880. The van der Waals surface area contributed by atoms with Crippen molar-refractivity contribution in [3.63, 3.8) is 0 Å². The molecule has 5 aromatic rings. The molecular formula is C64H90Y-2. The van der Waals surface area contributed by atoms with Crippen LogP contribution < -0.4 is 0 Å². The second-order valence-corrected chi connectivity index (χ2v) is 20.9. The van der Waals surface area contributed by atoms with Crippen molar-refractivity contribution in [1.82, 2.24) is 0 Å². The molecule has 0 heterocycles. The van der Waals surface area contributed by atoms with Gasteiger partial charge < -0.3 is 6.92 Å². The summed E-state index contributed by atoms with van der Waals surface area (Å²) >= 11 is 0. The standard InChI is InChI=1S/3C13H18.2C12H16.CH4.Y/c3*1-10(2)12-9-5-7-11-6-3-4-8-13(11)12;1-9(2)11-8-7-10-5-3-4-6-12(10)11;1-4-12(10(2)3)11-8-6-5-7-9-11;;/h3*3-4,6,8,10,12H,5,7,9H2,1-2H3;3-6,9,11H,7-8H2,1-2H3;5-8,10,12H,1,4H2,2-3H3;1H4;/q;;;;-2;;. The largest absolute Gasteiger partial charge is 0.343 e. The molecule has 0 aromatic heterocycles. The second-order valence-electron chi connectivity index (χ2n) is 20.9. The van der Waals surface area contributed by atoms with E-state index in [2.05, 4.69) is 191 Å². The van der Waals surface area contributed by atoms with E-state index in [1.807, 2.05) is 12.1 Å². The molecule has 5 atom stereocenters. The van der Waals surface area contributed by atoms with E-state index in [-0.39, 0.29) is 40.1 Å². The predicted octanol–water partition coefficient (Wildman–Crippen LogP) is 18.7. The van der Waals surface area contributed by atoms with Crippen LogP contribution in [0.1, 0.15) is 208 Å². The molecule has 0 bridgehead atoms. The summed E-state index contributed by atoms with van der Waals surface area (Å²) in [5, 5.41) is 0. The minimum atomic E-state index is 0. The Labute approximate surface area is 426 Å². The topological polar surface area (TPSA) is 0 Å². The summed E-state index contributed by atoms with van der Waals surface area (Å²) in [7, 11) is 0. The summed E-state index contributed by atoms with van der Waals surface area (Å²) in [4.78, 5) is 0. The van der Waals surface area contributed by atoms with Crippen molar-refractivity contribution in [2.45, 2.75) is 183 Å². The molecule has 1 radical (unpaired) electrons. The average Bonchev–Trinajstić information content (AvgIpc) is 3.75. The second kappa shape index (κ2) is 29.2. The summed E-state index contributed by atoms with van der Waals surface area (Å²) in [6, 6.07) is 47.2. The van der Waals surface area contributed by atoms with Gasteiger partial charge in [-0.2, -0.15) is 42.3 Å². The van der Waals surface area contributed by atoms with E-state index < -0.39 is 0 Å². The SMILES string of the molecule is C.CC(C)C1CCCc2ccccc21.CC(C)C1CCCc2ccccc21.CC(C)C1CCCc2ccccc21.CC(C)C1CCc2ccccc21.[CH2-]CC(c1[c-]cccc1)C(C)C.[Y]. The molecule has 5 unspecified atom stereocenters. The van der Waals surface area contributed by atoms with Gasteiger partial charge in [-0.25, -0.2) is 0 Å². The predicted molar refractivity (Wildman–Crippen MR) is 283 cm³/mol. The minimum Gasteiger partial charge on any atom is -0.343 e. The van der Waals surface area contributed by atoms with Crippen molar-refractivity contribution in [2.24, 2.45) is 29.6 Å². The molecule has 0 fully saturated rings. The van der Waals surface area contributed by atoms with Gasteiger partial charge in [0, 0.05) is 32.7 Å². The molecule has 0 saturated heterocycles. The smallest absolute Gasteiger partial charge is 0 e. The van der Waals surface area contributed by atoms with Gasteiger partial charge in [-0.1, -0.05) is 180 Å². The van der Waals surface area contributed by atoms with Crippen molar-refractivity contribution in [3.8, 4) is 0 Å². The number of benzene rings is 5. The van der Waals surface area contributed by atoms with Crippen molar-refractivity contribution in [2.75, 3.05) is 0 Å². The Balaban J connectivity index is 0.000000214. The minimum absolute atomic E-state index is 0. The number of hydrogen-bond donors (Lipinski definition) is 0. The third kappa shape index (κ3) is 16.4. The first kappa shape index (κ1) is 56.5. The first-order valence-corrected chi connectivity index (χ1v) is 25.5. The zero-order valence-corrected chi connectivity index (χ0v) is 44.9. The van der Waals surface area contributed by atoms with Gasteiger partial charge in [0.25, 0.3) is 0 Å². The summed E-state index contributed by atoms with van der Waals surface area (Å²) in [6.07, 6.45) is 15.8. The van der Waals surface area contributed by atoms with Crippen LogP contribution in [0.25, 0.3) is 0 Å². The number of fused-ring (bicyclic) bond motifs is 4. The van der Waals surface area contributed by atoms with E-state index in [9.17, 15) is 0 Å². The monoisotopic (exact) mass is 948 g/mol. The van der Waals surface area contributed by atoms with Crippen LogP contribution in [0.5, 0.6) is 0 Å². The first-order chi connectivity index (χ1) is 30.4. The zero-order valence-electron chi connectivity index (χ0n) is 42.1. The van der Waals surface area contributed by atoms with E-state index in [1.54, 1.807) is 44.5 Å². The van der Waals surface area contributed by atoms with Crippen LogP contribution in [0.3, 0.4) is 0 Å². The van der Waals surface area contributed by atoms with Crippen LogP contribution in [0.4, 0.5) is 0 Å². The molecule has 0 amide bonds. The van der Waals surface area contributed by atoms with Gasteiger partial charge in [0.2, 0.25) is 0 Å². The van der Waals surface area contributed by atoms with Crippen LogP contribution in [0, 0.1) is 42.6 Å². The normalized spacial score (nSPS) is 19.4. The molecule has 0 spiro atoms. The Morgan fingerprint density at radius 1 is 0.431 bits per heavy atom. The maximum Gasteiger partial charge on any atom is 0 e. The van der Waals surface area contributed by atoms with Crippen LogP contribution in [-0.4, -0.2) is 0 Å². The maximum absolute atomic E-state index is 3.96. The summed E-state index contributed by atoms with van der Waals surface area (Å²) in [6.45, 7) is 27.1. The fourth-order valence-corrected chi connectivity index (χ4v) is 11.2. The van der Waals surface area contributed by atoms with Gasteiger partial charge in [0.05, 0.1) is 0 Å². The molecule has 1 heteroatoms. The number of aryl methyl sites for hydroxylation is 4. The fourth-order valence-electron chi connectivity index (χ4n) is 11.2. The van der Waals surface area contributed by atoms with Crippen LogP contribution in [-0.2, 0) is 58.4 Å². The van der Waals surface area contributed by atoms with Crippen LogP contribution in [0.15, 0.2) is 121 Å². The van der Waals surface area contributed by atoms with Crippen molar-refractivity contribution in [1.29, 1.82) is 0 Å². The van der Waals surface area contributed by atoms with Crippen molar-refractivity contribution < 1.29 is 32.7 Å². The molecule has 351 valence electrons. The van der Waals surface area contributed by atoms with E-state index >= 15 is 0 Å². The molecule has 4 aliphatic rings. The summed E-state index contributed by atoms with van der Waals surface area (Å²) in [5.74, 6) is 7.64. The molecule has 9 rings (SSSR count). The van der Waals surface area contributed by atoms with Crippen LogP contribution in [0.2, 0.25) is 0 Å². The van der Waals surface area contributed by atoms with Gasteiger partial charge in [-0.05, 0) is 168 Å². The molecule has 0 aliphatic heterocycles. The Hall–Kier alpha value is -2.80. The molecule has 0 saturated carbocycles. The Kier molecular flexibility index (Phi) is 25.4. The molecule has 0 N–H and O–H groups in total. The molecular weight excluding hydrogens is 858 g/mol. The van der Waals surface area contributed by atoms with Gasteiger partial charge in [0.1, 0.15) is 0 Å². The molecule has 4 aliphatic carbocycles. The summed E-state index contributed by atoms with van der Waals surface area (Å²) < 4.78 is 0. The van der Waals surface area contributed by atoms with E-state index in [1.165, 1.54) is 76.2 Å². The maximum atomic E-state index is 3.96. The zero-order chi connectivity index (χ0) is 45.3. The molecule has 5 aromatic carbocycles. The third-order valence-electron chi connectivity index (χ3n) is 14.9. The van der Waals surface area contributed by atoms with Crippen molar-refractivity contribution >= 4 is 0 Å². The fraction of sp³-hybridized carbons (Fsp3) is 0.516. The summed E-state index contributed by atoms with van der Waals surface area (Å²) in [5.41, 5.74) is 14.1. The first-order valence-electron chi connectivity index (χ1n) is 25.5. The molecule has 65 heavy (non-hydrogen) atoms. The van der Waals surface area contributed by atoms with E-state index in [0.29, 0.717) is 11.8 Å². The van der Waals surface area contributed by atoms with Gasteiger partial charge >= 0.3 is 0 Å². The van der Waals surface area contributed by atoms with Gasteiger partial charge in [0.15, 0.2) is 0 Å². The van der Waals surface area contributed by atoms with Crippen molar-refractivity contribution in [3.05, 3.63) is 184 Å². The molecule has 0 nitrogen and oxygen atoms in total. The number of hydrogen-bond acceptors (Lipinski definition) is 0. The van der Waals surface area contributed by atoms with Gasteiger partial charge in [-0.15, -0.1) is 0 Å². The third-order valence-corrected chi connectivity index (χ3v) is 14.9. The van der Waals surface area contributed by atoms with E-state index in [0.717, 1.165) is 53.8 Å². The Morgan fingerprint density at radius 3 is 1.03 bits per heavy atom.